The number of hydrogen-bond acceptors (Lipinski definition) is 4. The van der Waals surface area contributed by atoms with Crippen LogP contribution in [0.4, 0.5) is 5.69 Å². The van der Waals surface area contributed by atoms with E-state index in [1.54, 1.807) is 32.4 Å². The molecule has 1 aliphatic rings. The highest BCUT2D eigenvalue weighted by Crippen LogP contribution is 2.28. The molecule has 4 N–H and O–H groups in total. The molecule has 0 bridgehead atoms. The van der Waals surface area contributed by atoms with Crippen LogP contribution in [0.15, 0.2) is 18.2 Å². The van der Waals surface area contributed by atoms with Gasteiger partial charge in [-0.2, -0.15) is 0 Å². The summed E-state index contributed by atoms with van der Waals surface area (Å²) in [4.78, 5) is 24.7. The molecule has 1 saturated heterocycles. The van der Waals surface area contributed by atoms with Gasteiger partial charge in [0, 0.05) is 24.8 Å². The maximum atomic E-state index is 12.2. The summed E-state index contributed by atoms with van der Waals surface area (Å²) in [6.45, 7) is 2.51. The summed E-state index contributed by atoms with van der Waals surface area (Å²) in [5.41, 5.74) is 5.97. The number of nitrogens with two attached hydrogens (primary N) is 1. The fourth-order valence-electron chi connectivity index (χ4n) is 2.97. The Kier molecular flexibility index (Phi) is 6.43. The van der Waals surface area contributed by atoms with Crippen LogP contribution < -0.4 is 25.4 Å². The second kappa shape index (κ2) is 8.54. The lowest BCUT2D eigenvalue weighted by Crippen LogP contribution is -3.13. The summed E-state index contributed by atoms with van der Waals surface area (Å²) in [5.74, 6) is 0.969. The van der Waals surface area contributed by atoms with Crippen LogP contribution in [0.1, 0.15) is 19.3 Å². The number of rotatable bonds is 7. The van der Waals surface area contributed by atoms with Crippen molar-refractivity contribution >= 4 is 17.5 Å². The number of primary amides is 1. The second-order valence-electron chi connectivity index (χ2n) is 6.04. The molecule has 0 aliphatic carbocycles. The molecule has 0 unspecified atom stereocenters. The highest BCUT2D eigenvalue weighted by atomic mass is 16.5. The monoisotopic (exact) mass is 336 g/mol. The number of methoxy groups -OCH3 is 2. The molecule has 1 aromatic carbocycles. The number of carbonyl (C=O) groups excluding carboxylic acids is 2. The summed E-state index contributed by atoms with van der Waals surface area (Å²) in [6, 6.07) is 5.27. The predicted molar refractivity (Wildman–Crippen MR) is 90.3 cm³/mol. The second-order valence-corrected chi connectivity index (χ2v) is 6.04. The van der Waals surface area contributed by atoms with E-state index < -0.39 is 0 Å². The fraction of sp³-hybridized carbons (Fsp3) is 0.529. The van der Waals surface area contributed by atoms with Gasteiger partial charge in [0.25, 0.3) is 0 Å². The first-order chi connectivity index (χ1) is 11.5. The van der Waals surface area contributed by atoms with Crippen LogP contribution >= 0.6 is 0 Å². The van der Waals surface area contributed by atoms with Gasteiger partial charge in [-0.1, -0.05) is 0 Å². The van der Waals surface area contributed by atoms with Crippen LogP contribution in [0, 0.1) is 5.92 Å². The molecule has 0 saturated carbocycles. The summed E-state index contributed by atoms with van der Waals surface area (Å²) >= 11 is 0. The molecule has 1 aromatic rings. The first kappa shape index (κ1) is 18.1. The Hall–Kier alpha value is -2.28. The Morgan fingerprint density at radius 1 is 1.25 bits per heavy atom. The lowest BCUT2D eigenvalue weighted by Gasteiger charge is -2.27. The average Bonchev–Trinajstić information content (AvgIpc) is 2.60. The number of piperidine rings is 1. The van der Waals surface area contributed by atoms with Gasteiger partial charge >= 0.3 is 0 Å². The molecule has 0 spiro atoms. The van der Waals surface area contributed by atoms with Crippen molar-refractivity contribution in [3.63, 3.8) is 0 Å². The zero-order valence-electron chi connectivity index (χ0n) is 14.3. The van der Waals surface area contributed by atoms with Gasteiger partial charge in [0.05, 0.1) is 46.0 Å². The highest BCUT2D eigenvalue weighted by Gasteiger charge is 2.25. The summed E-state index contributed by atoms with van der Waals surface area (Å²) in [6.07, 6.45) is 2.03. The average molecular weight is 336 g/mol. The van der Waals surface area contributed by atoms with Gasteiger partial charge in [-0.05, 0) is 12.1 Å². The molecule has 7 heteroatoms. The van der Waals surface area contributed by atoms with E-state index in [-0.39, 0.29) is 17.7 Å². The molecule has 2 amide bonds. The summed E-state index contributed by atoms with van der Waals surface area (Å²) < 4.78 is 10.4. The van der Waals surface area contributed by atoms with Crippen molar-refractivity contribution in [2.75, 3.05) is 39.2 Å². The molecule has 7 nitrogen and oxygen atoms in total. The molecular weight excluding hydrogens is 310 g/mol. The summed E-state index contributed by atoms with van der Waals surface area (Å²) in [5, 5.41) is 2.87. The molecule has 1 heterocycles. The quantitative estimate of drug-likeness (QED) is 0.643. The molecule has 24 heavy (non-hydrogen) atoms. The minimum absolute atomic E-state index is 0.00821. The number of benzene rings is 1. The van der Waals surface area contributed by atoms with Gasteiger partial charge in [-0.15, -0.1) is 0 Å². The Bertz CT molecular complexity index is 583. The van der Waals surface area contributed by atoms with E-state index in [2.05, 4.69) is 5.32 Å². The molecule has 0 atom stereocenters. The van der Waals surface area contributed by atoms with Crippen molar-refractivity contribution in [3.8, 4) is 11.5 Å². The minimum Gasteiger partial charge on any atom is -0.497 e. The van der Waals surface area contributed by atoms with E-state index in [9.17, 15) is 9.59 Å². The highest BCUT2D eigenvalue weighted by molar-refractivity contribution is 5.92. The zero-order valence-corrected chi connectivity index (χ0v) is 14.3. The number of amides is 2. The lowest BCUT2D eigenvalue weighted by molar-refractivity contribution is -0.905. The van der Waals surface area contributed by atoms with E-state index >= 15 is 0 Å². The van der Waals surface area contributed by atoms with E-state index in [0.29, 0.717) is 23.6 Å². The standard InChI is InChI=1S/C17H25N3O4/c1-23-13-3-4-14(15(11-13)24-2)19-16(21)7-10-20-8-5-12(6-9-20)17(18)22/h3-4,11-12H,5-10H2,1-2H3,(H2,18,22)(H,19,21)/p+1. The number of ether oxygens (including phenoxy) is 2. The van der Waals surface area contributed by atoms with E-state index in [4.69, 9.17) is 15.2 Å². The van der Waals surface area contributed by atoms with Crippen molar-refractivity contribution in [1.82, 2.24) is 0 Å². The summed E-state index contributed by atoms with van der Waals surface area (Å²) in [7, 11) is 3.13. The maximum absolute atomic E-state index is 12.2. The van der Waals surface area contributed by atoms with Crippen LogP contribution in [0.5, 0.6) is 11.5 Å². The Balaban J connectivity index is 1.81. The lowest BCUT2D eigenvalue weighted by atomic mass is 9.96. The molecule has 132 valence electrons. The third-order valence-electron chi connectivity index (χ3n) is 4.48. The number of hydrogen-bond donors (Lipinski definition) is 3. The zero-order chi connectivity index (χ0) is 17.5. The Labute approximate surface area is 142 Å². The van der Waals surface area contributed by atoms with Crippen LogP contribution in [0.25, 0.3) is 0 Å². The van der Waals surface area contributed by atoms with Crippen molar-refractivity contribution in [2.45, 2.75) is 19.3 Å². The SMILES string of the molecule is COc1ccc(NC(=O)CC[NH+]2CCC(C(N)=O)CC2)c(OC)c1. The van der Waals surface area contributed by atoms with Crippen molar-refractivity contribution in [1.29, 1.82) is 0 Å². The van der Waals surface area contributed by atoms with Crippen LogP contribution in [-0.4, -0.2) is 45.7 Å². The van der Waals surface area contributed by atoms with Crippen molar-refractivity contribution in [2.24, 2.45) is 11.7 Å². The van der Waals surface area contributed by atoms with Gasteiger partial charge in [0.2, 0.25) is 11.8 Å². The predicted octanol–water partition coefficient (Wildman–Crippen LogP) is -0.187. The van der Waals surface area contributed by atoms with Gasteiger partial charge in [-0.3, -0.25) is 9.59 Å². The van der Waals surface area contributed by atoms with E-state index in [1.165, 1.54) is 4.90 Å². The third-order valence-corrected chi connectivity index (χ3v) is 4.48. The van der Waals surface area contributed by atoms with Crippen LogP contribution in [0.2, 0.25) is 0 Å². The number of anilines is 1. The number of nitrogens with one attached hydrogen (secondary N) is 2. The molecule has 0 aromatic heterocycles. The van der Waals surface area contributed by atoms with Crippen molar-refractivity contribution in [3.05, 3.63) is 18.2 Å². The van der Waals surface area contributed by atoms with Crippen molar-refractivity contribution < 1.29 is 24.0 Å². The molecule has 1 fully saturated rings. The van der Waals surface area contributed by atoms with E-state index in [0.717, 1.165) is 32.5 Å². The van der Waals surface area contributed by atoms with Gasteiger partial charge < -0.3 is 25.4 Å². The first-order valence-corrected chi connectivity index (χ1v) is 8.18. The van der Waals surface area contributed by atoms with Gasteiger partial charge in [0.1, 0.15) is 11.5 Å². The Morgan fingerprint density at radius 2 is 1.96 bits per heavy atom. The van der Waals surface area contributed by atoms with Gasteiger partial charge in [0.15, 0.2) is 0 Å². The number of carbonyl (C=O) groups is 2. The number of likely N-dealkylation sites (tertiary alicyclic amines) is 1. The normalized spacial score (nSPS) is 20.2. The minimum atomic E-state index is -0.210. The Morgan fingerprint density at radius 3 is 2.54 bits per heavy atom. The molecule has 0 radical (unpaired) electrons. The topological polar surface area (TPSA) is 95.1 Å². The van der Waals surface area contributed by atoms with Crippen LogP contribution in [0.3, 0.4) is 0 Å². The smallest absolute Gasteiger partial charge is 0.230 e. The molecule has 2 rings (SSSR count). The third kappa shape index (κ3) is 4.86. The van der Waals surface area contributed by atoms with E-state index in [1.807, 2.05) is 0 Å². The van der Waals surface area contributed by atoms with Gasteiger partial charge in [-0.25, -0.2) is 0 Å². The molecule has 1 aliphatic heterocycles. The largest absolute Gasteiger partial charge is 0.497 e. The maximum Gasteiger partial charge on any atom is 0.230 e. The fourth-order valence-corrected chi connectivity index (χ4v) is 2.97. The van der Waals surface area contributed by atoms with Crippen LogP contribution in [-0.2, 0) is 9.59 Å². The number of quaternary nitrogens is 1. The first-order valence-electron chi connectivity index (χ1n) is 8.18. The molecular formula is C17H26N3O4+.